The average molecular weight is 346 g/mol. The van der Waals surface area contributed by atoms with Gasteiger partial charge in [-0.2, -0.15) is 0 Å². The number of amides is 1. The number of aromatic nitrogens is 1. The van der Waals surface area contributed by atoms with Crippen molar-refractivity contribution in [2.24, 2.45) is 0 Å². The van der Waals surface area contributed by atoms with Gasteiger partial charge in [0.2, 0.25) is 5.91 Å². The zero-order chi connectivity index (χ0) is 17.1. The molecular weight excluding hydrogens is 324 g/mol. The van der Waals surface area contributed by atoms with Crippen LogP contribution in [-0.4, -0.2) is 34.7 Å². The molecular formula is C18H22N2O3S. The number of rotatable bonds is 7. The molecule has 6 heteroatoms. The Morgan fingerprint density at radius 3 is 2.58 bits per heavy atom. The maximum Gasteiger partial charge on any atom is 0.256 e. The van der Waals surface area contributed by atoms with Gasteiger partial charge in [-0.15, -0.1) is 0 Å². The van der Waals surface area contributed by atoms with E-state index in [1.165, 1.54) is 11.8 Å². The van der Waals surface area contributed by atoms with E-state index in [1.807, 2.05) is 43.0 Å². The van der Waals surface area contributed by atoms with E-state index >= 15 is 0 Å². The molecule has 0 radical (unpaired) electrons. The largest absolute Gasteiger partial charge is 0.497 e. The van der Waals surface area contributed by atoms with Gasteiger partial charge >= 0.3 is 0 Å². The lowest BCUT2D eigenvalue weighted by atomic mass is 10.2. The number of thioether (sulfide) groups is 1. The van der Waals surface area contributed by atoms with Gasteiger partial charge in [-0.25, -0.2) is 4.98 Å². The van der Waals surface area contributed by atoms with Crippen LogP contribution in [0.15, 0.2) is 33.9 Å². The number of hydrogen-bond donors (Lipinski definition) is 0. The molecule has 1 saturated carbocycles. The van der Waals surface area contributed by atoms with Crippen molar-refractivity contribution in [3.63, 3.8) is 0 Å². The van der Waals surface area contributed by atoms with Crippen LogP contribution in [0.4, 0.5) is 0 Å². The zero-order valence-corrected chi connectivity index (χ0v) is 15.1. The second-order valence-corrected chi connectivity index (χ2v) is 6.94. The highest BCUT2D eigenvalue weighted by Gasteiger charge is 2.32. The average Bonchev–Trinajstić information content (AvgIpc) is 3.37. The molecule has 24 heavy (non-hydrogen) atoms. The molecule has 1 amide bonds. The molecule has 0 atom stereocenters. The zero-order valence-electron chi connectivity index (χ0n) is 14.2. The molecule has 2 aromatic rings. The van der Waals surface area contributed by atoms with Crippen molar-refractivity contribution < 1.29 is 13.9 Å². The molecule has 0 saturated heterocycles. The number of benzene rings is 1. The van der Waals surface area contributed by atoms with E-state index in [1.54, 1.807) is 7.11 Å². The van der Waals surface area contributed by atoms with Crippen LogP contribution in [0.3, 0.4) is 0 Å². The second-order valence-electron chi connectivity index (χ2n) is 6.01. The summed E-state index contributed by atoms with van der Waals surface area (Å²) in [4.78, 5) is 18.9. The molecule has 5 nitrogen and oxygen atoms in total. The molecule has 3 rings (SSSR count). The first kappa shape index (κ1) is 16.9. The van der Waals surface area contributed by atoms with Crippen molar-refractivity contribution in [1.82, 2.24) is 9.88 Å². The Hall–Kier alpha value is -1.95. The minimum Gasteiger partial charge on any atom is -0.497 e. The number of ether oxygens (including phenoxy) is 1. The predicted octanol–water partition coefficient (Wildman–Crippen LogP) is 3.58. The highest BCUT2D eigenvalue weighted by Crippen LogP contribution is 2.30. The summed E-state index contributed by atoms with van der Waals surface area (Å²) in [5.41, 5.74) is 1.99. The quantitative estimate of drug-likeness (QED) is 0.717. The molecule has 0 aliphatic heterocycles. The minimum absolute atomic E-state index is 0.131. The highest BCUT2D eigenvalue weighted by atomic mass is 32.2. The van der Waals surface area contributed by atoms with Gasteiger partial charge < -0.3 is 14.1 Å². The van der Waals surface area contributed by atoms with Gasteiger partial charge in [0.15, 0.2) is 0 Å². The SMILES string of the molecule is COc1ccc(CN(C(=O)CSc2nc(C)c(C)o2)C2CC2)cc1. The molecule has 1 heterocycles. The third-order valence-electron chi connectivity index (χ3n) is 4.15. The predicted molar refractivity (Wildman–Crippen MR) is 93.3 cm³/mol. The lowest BCUT2D eigenvalue weighted by molar-refractivity contribution is -0.129. The third kappa shape index (κ3) is 4.12. The van der Waals surface area contributed by atoms with Crippen LogP contribution in [0.1, 0.15) is 29.9 Å². The molecule has 1 aromatic heterocycles. The summed E-state index contributed by atoms with van der Waals surface area (Å²) < 4.78 is 10.7. The van der Waals surface area contributed by atoms with E-state index in [0.29, 0.717) is 23.6 Å². The minimum atomic E-state index is 0.131. The van der Waals surface area contributed by atoms with Crippen molar-refractivity contribution >= 4 is 17.7 Å². The summed E-state index contributed by atoms with van der Waals surface area (Å²) in [7, 11) is 1.65. The smallest absolute Gasteiger partial charge is 0.256 e. The van der Waals surface area contributed by atoms with E-state index in [0.717, 1.165) is 35.6 Å². The van der Waals surface area contributed by atoms with E-state index in [9.17, 15) is 4.79 Å². The first-order valence-electron chi connectivity index (χ1n) is 8.06. The van der Waals surface area contributed by atoms with Crippen LogP contribution in [0.5, 0.6) is 5.75 Å². The van der Waals surface area contributed by atoms with Gasteiger partial charge in [-0.05, 0) is 44.4 Å². The topological polar surface area (TPSA) is 55.6 Å². The maximum absolute atomic E-state index is 12.6. The van der Waals surface area contributed by atoms with E-state index in [-0.39, 0.29) is 5.91 Å². The number of carbonyl (C=O) groups is 1. The first-order valence-corrected chi connectivity index (χ1v) is 9.04. The number of nitrogens with zero attached hydrogens (tertiary/aromatic N) is 2. The van der Waals surface area contributed by atoms with Gasteiger partial charge in [0, 0.05) is 12.6 Å². The van der Waals surface area contributed by atoms with Crippen LogP contribution in [0.2, 0.25) is 0 Å². The standard InChI is InChI=1S/C18H22N2O3S/c1-12-13(2)23-18(19-12)24-11-17(21)20(15-6-7-15)10-14-4-8-16(22-3)9-5-14/h4-5,8-9,15H,6-7,10-11H2,1-3H3. The molecule has 0 bridgehead atoms. The summed E-state index contributed by atoms with van der Waals surface area (Å²) in [6.07, 6.45) is 2.17. The Bertz CT molecular complexity index is 688. The summed E-state index contributed by atoms with van der Waals surface area (Å²) >= 11 is 1.36. The van der Waals surface area contributed by atoms with Gasteiger partial charge in [0.1, 0.15) is 11.5 Å². The number of aryl methyl sites for hydroxylation is 2. The molecule has 1 aromatic carbocycles. The van der Waals surface area contributed by atoms with Crippen molar-refractivity contribution in [2.45, 2.75) is 44.5 Å². The summed E-state index contributed by atoms with van der Waals surface area (Å²) in [5, 5.41) is 0.568. The Morgan fingerprint density at radius 1 is 1.33 bits per heavy atom. The van der Waals surface area contributed by atoms with Crippen LogP contribution in [0, 0.1) is 13.8 Å². The fraction of sp³-hybridized carbons (Fsp3) is 0.444. The number of hydrogen-bond acceptors (Lipinski definition) is 5. The lowest BCUT2D eigenvalue weighted by Crippen LogP contribution is -2.33. The monoisotopic (exact) mass is 346 g/mol. The van der Waals surface area contributed by atoms with Crippen LogP contribution in [-0.2, 0) is 11.3 Å². The molecule has 1 aliphatic rings. The van der Waals surface area contributed by atoms with E-state index in [2.05, 4.69) is 4.98 Å². The van der Waals surface area contributed by atoms with Crippen LogP contribution in [0.25, 0.3) is 0 Å². The summed E-state index contributed by atoms with van der Waals surface area (Å²) in [6.45, 7) is 4.43. The van der Waals surface area contributed by atoms with Gasteiger partial charge in [0.25, 0.3) is 5.22 Å². The Kier molecular flexibility index (Phi) is 5.14. The first-order chi connectivity index (χ1) is 11.6. The normalized spacial score (nSPS) is 13.8. The summed E-state index contributed by atoms with van der Waals surface area (Å²) in [6, 6.07) is 8.24. The van der Waals surface area contributed by atoms with Crippen LogP contribution >= 0.6 is 11.8 Å². The number of carbonyl (C=O) groups excluding carboxylic acids is 1. The fourth-order valence-corrected chi connectivity index (χ4v) is 3.24. The van der Waals surface area contributed by atoms with Gasteiger partial charge in [-0.3, -0.25) is 4.79 Å². The van der Waals surface area contributed by atoms with Crippen molar-refractivity contribution in [2.75, 3.05) is 12.9 Å². The van der Waals surface area contributed by atoms with Crippen LogP contribution < -0.4 is 4.74 Å². The Labute approximate surface area is 146 Å². The van der Waals surface area contributed by atoms with Crippen molar-refractivity contribution in [3.05, 3.63) is 41.3 Å². The van der Waals surface area contributed by atoms with Crippen molar-refractivity contribution in [3.8, 4) is 5.75 Å². The summed E-state index contributed by atoms with van der Waals surface area (Å²) in [5.74, 6) is 2.12. The van der Waals surface area contributed by atoms with E-state index in [4.69, 9.17) is 9.15 Å². The molecule has 0 unspecified atom stereocenters. The Balaban J connectivity index is 1.60. The fourth-order valence-electron chi connectivity index (χ4n) is 2.45. The molecule has 1 fully saturated rings. The molecule has 0 N–H and O–H groups in total. The number of oxazole rings is 1. The molecule has 0 spiro atoms. The lowest BCUT2D eigenvalue weighted by Gasteiger charge is -2.22. The van der Waals surface area contributed by atoms with Gasteiger partial charge in [-0.1, -0.05) is 23.9 Å². The molecule has 128 valence electrons. The Morgan fingerprint density at radius 2 is 2.04 bits per heavy atom. The van der Waals surface area contributed by atoms with Crippen molar-refractivity contribution in [1.29, 1.82) is 0 Å². The third-order valence-corrected chi connectivity index (χ3v) is 4.96. The van der Waals surface area contributed by atoms with Gasteiger partial charge in [0.05, 0.1) is 18.6 Å². The highest BCUT2D eigenvalue weighted by molar-refractivity contribution is 7.99. The second kappa shape index (κ2) is 7.30. The molecule has 1 aliphatic carbocycles. The number of methoxy groups -OCH3 is 1. The van der Waals surface area contributed by atoms with E-state index < -0.39 is 0 Å². The maximum atomic E-state index is 12.6.